The van der Waals surface area contributed by atoms with Crippen LogP contribution in [0.15, 0.2) is 47.0 Å². The van der Waals surface area contributed by atoms with E-state index in [1.54, 1.807) is 30.3 Å². The fourth-order valence-electron chi connectivity index (χ4n) is 1.98. The number of hydrogen-bond acceptors (Lipinski definition) is 4. The minimum atomic E-state index is -0.556. The number of ether oxygens (including phenoxy) is 1. The molecule has 3 aromatic rings. The number of fused-ring (bicyclic) bond motifs is 1. The van der Waals surface area contributed by atoms with E-state index in [0.29, 0.717) is 17.0 Å². The Morgan fingerprint density at radius 2 is 2.00 bits per heavy atom. The Bertz CT molecular complexity index is 796. The van der Waals surface area contributed by atoms with Crippen molar-refractivity contribution in [2.45, 2.75) is 0 Å². The number of rotatable bonds is 4. The van der Waals surface area contributed by atoms with E-state index < -0.39 is 5.91 Å². The molecule has 0 unspecified atom stereocenters. The van der Waals surface area contributed by atoms with E-state index >= 15 is 0 Å². The maximum atomic E-state index is 12.9. The fourth-order valence-corrected chi connectivity index (χ4v) is 1.98. The van der Waals surface area contributed by atoms with Gasteiger partial charge in [-0.1, -0.05) is 5.16 Å². The summed E-state index contributed by atoms with van der Waals surface area (Å²) in [5, 5.41) is 4.76. The number of carbonyl (C=O) groups is 1. The van der Waals surface area contributed by atoms with E-state index in [-0.39, 0.29) is 12.4 Å². The van der Waals surface area contributed by atoms with Crippen LogP contribution in [-0.4, -0.2) is 17.7 Å². The highest BCUT2D eigenvalue weighted by Gasteiger charge is 2.11. The maximum absolute atomic E-state index is 12.9. The first-order valence-electron chi connectivity index (χ1n) is 6.20. The molecule has 0 fully saturated rings. The second-order valence-electron chi connectivity index (χ2n) is 4.45. The van der Waals surface area contributed by atoms with Crippen LogP contribution in [0.25, 0.3) is 22.2 Å². The molecule has 6 heteroatoms. The lowest BCUT2D eigenvalue weighted by molar-refractivity contribution is -0.119. The molecule has 0 saturated carbocycles. The largest absolute Gasteiger partial charge is 0.484 e. The molecule has 0 atom stereocenters. The predicted octanol–water partition coefficient (Wildman–Crippen LogP) is 2.50. The number of nitrogens with zero attached hydrogens (tertiary/aromatic N) is 1. The molecule has 106 valence electrons. The first-order valence-corrected chi connectivity index (χ1v) is 6.20. The molecular formula is C15H11FN2O3. The molecule has 0 bridgehead atoms. The third kappa shape index (κ3) is 2.69. The summed E-state index contributed by atoms with van der Waals surface area (Å²) < 4.78 is 23.4. The standard InChI is InChI=1S/C15H11FN2O3/c16-10-3-1-9(2-4-10)15-12-6-5-11(20-8-14(17)19)7-13(12)21-18-15/h1-7H,8H2,(H2,17,19). The van der Waals surface area contributed by atoms with Crippen LogP contribution in [0.1, 0.15) is 0 Å². The van der Waals surface area contributed by atoms with Crippen molar-refractivity contribution in [1.29, 1.82) is 0 Å². The normalized spacial score (nSPS) is 10.7. The molecule has 2 N–H and O–H groups in total. The van der Waals surface area contributed by atoms with Crippen LogP contribution in [0.2, 0.25) is 0 Å². The van der Waals surface area contributed by atoms with Gasteiger partial charge >= 0.3 is 0 Å². The number of primary amides is 1. The molecule has 1 heterocycles. The van der Waals surface area contributed by atoms with Crippen LogP contribution in [0.3, 0.4) is 0 Å². The van der Waals surface area contributed by atoms with E-state index in [1.165, 1.54) is 12.1 Å². The molecule has 0 radical (unpaired) electrons. The summed E-state index contributed by atoms with van der Waals surface area (Å²) in [6.07, 6.45) is 0. The highest BCUT2D eigenvalue weighted by Crippen LogP contribution is 2.30. The van der Waals surface area contributed by atoms with Crippen LogP contribution in [0.4, 0.5) is 4.39 Å². The summed E-state index contributed by atoms with van der Waals surface area (Å²) in [6.45, 7) is -0.204. The van der Waals surface area contributed by atoms with Crippen molar-refractivity contribution >= 4 is 16.9 Å². The zero-order valence-electron chi connectivity index (χ0n) is 10.9. The van der Waals surface area contributed by atoms with Crippen LogP contribution in [0.5, 0.6) is 5.75 Å². The molecule has 1 aromatic heterocycles. The SMILES string of the molecule is NC(=O)COc1ccc2c(-c3ccc(F)cc3)noc2c1. The third-order valence-corrected chi connectivity index (χ3v) is 2.94. The second-order valence-corrected chi connectivity index (χ2v) is 4.45. The highest BCUT2D eigenvalue weighted by molar-refractivity contribution is 5.92. The molecule has 2 aromatic carbocycles. The van der Waals surface area contributed by atoms with Crippen LogP contribution in [0, 0.1) is 5.82 Å². The summed E-state index contributed by atoms with van der Waals surface area (Å²) in [6, 6.07) is 11.1. The number of carbonyl (C=O) groups excluding carboxylic acids is 1. The monoisotopic (exact) mass is 286 g/mol. The Hall–Kier alpha value is -2.89. The lowest BCUT2D eigenvalue weighted by atomic mass is 10.1. The Morgan fingerprint density at radius 1 is 1.24 bits per heavy atom. The molecule has 0 aliphatic carbocycles. The third-order valence-electron chi connectivity index (χ3n) is 2.94. The zero-order chi connectivity index (χ0) is 14.8. The topological polar surface area (TPSA) is 78.4 Å². The van der Waals surface area contributed by atoms with Gasteiger partial charge in [0.1, 0.15) is 17.3 Å². The van der Waals surface area contributed by atoms with Gasteiger partial charge in [-0.3, -0.25) is 4.79 Å². The Balaban J connectivity index is 1.95. The second kappa shape index (κ2) is 5.24. The van der Waals surface area contributed by atoms with Gasteiger partial charge in [-0.25, -0.2) is 4.39 Å². The zero-order valence-corrected chi connectivity index (χ0v) is 10.9. The average Bonchev–Trinajstić information content (AvgIpc) is 2.89. The van der Waals surface area contributed by atoms with Crippen LogP contribution in [-0.2, 0) is 4.79 Å². The first kappa shape index (κ1) is 13.1. The van der Waals surface area contributed by atoms with Gasteiger partial charge in [0.25, 0.3) is 5.91 Å². The van der Waals surface area contributed by atoms with Gasteiger partial charge in [0.15, 0.2) is 12.2 Å². The average molecular weight is 286 g/mol. The van der Waals surface area contributed by atoms with Gasteiger partial charge in [0, 0.05) is 17.0 Å². The van der Waals surface area contributed by atoms with Crippen molar-refractivity contribution < 1.29 is 18.4 Å². The van der Waals surface area contributed by atoms with Crippen LogP contribution >= 0.6 is 0 Å². The number of nitrogens with two attached hydrogens (primary N) is 1. The molecule has 3 rings (SSSR count). The lowest BCUT2D eigenvalue weighted by Gasteiger charge is -2.02. The van der Waals surface area contributed by atoms with Gasteiger partial charge in [-0.05, 0) is 36.4 Å². The Morgan fingerprint density at radius 3 is 2.71 bits per heavy atom. The molecule has 0 aliphatic heterocycles. The van der Waals surface area contributed by atoms with Gasteiger partial charge in [0.05, 0.1) is 0 Å². The van der Waals surface area contributed by atoms with Crippen LogP contribution < -0.4 is 10.5 Å². The number of aromatic nitrogens is 1. The van der Waals surface area contributed by atoms with Gasteiger partial charge < -0.3 is 15.0 Å². The smallest absolute Gasteiger partial charge is 0.255 e. The Labute approximate surface area is 119 Å². The molecular weight excluding hydrogens is 275 g/mol. The fraction of sp³-hybridized carbons (Fsp3) is 0.0667. The molecule has 5 nitrogen and oxygen atoms in total. The van der Waals surface area contributed by atoms with E-state index in [2.05, 4.69) is 5.16 Å². The van der Waals surface area contributed by atoms with Crippen molar-refractivity contribution in [3.63, 3.8) is 0 Å². The minimum absolute atomic E-state index is 0.204. The summed E-state index contributed by atoms with van der Waals surface area (Å²) in [5.41, 5.74) is 6.89. The minimum Gasteiger partial charge on any atom is -0.484 e. The Kier molecular flexibility index (Phi) is 3.27. The van der Waals surface area contributed by atoms with Crippen molar-refractivity contribution in [2.24, 2.45) is 5.73 Å². The van der Waals surface area contributed by atoms with Crippen molar-refractivity contribution in [3.05, 3.63) is 48.3 Å². The van der Waals surface area contributed by atoms with E-state index in [4.69, 9.17) is 15.0 Å². The summed E-state index contributed by atoms with van der Waals surface area (Å²) in [7, 11) is 0. The van der Waals surface area contributed by atoms with Crippen molar-refractivity contribution in [2.75, 3.05) is 6.61 Å². The maximum Gasteiger partial charge on any atom is 0.255 e. The molecule has 1 amide bonds. The van der Waals surface area contributed by atoms with Gasteiger partial charge in [-0.2, -0.15) is 0 Å². The lowest BCUT2D eigenvalue weighted by Crippen LogP contribution is -2.19. The van der Waals surface area contributed by atoms with Crippen molar-refractivity contribution in [3.8, 4) is 17.0 Å². The summed E-state index contributed by atoms with van der Waals surface area (Å²) in [5.74, 6) is -0.406. The van der Waals surface area contributed by atoms with Crippen molar-refractivity contribution in [1.82, 2.24) is 5.16 Å². The molecule has 0 spiro atoms. The number of hydrogen-bond donors (Lipinski definition) is 1. The number of benzene rings is 2. The summed E-state index contributed by atoms with van der Waals surface area (Å²) in [4.78, 5) is 10.7. The molecule has 0 aliphatic rings. The number of halogens is 1. The predicted molar refractivity (Wildman–Crippen MR) is 74.1 cm³/mol. The highest BCUT2D eigenvalue weighted by atomic mass is 19.1. The number of amides is 1. The first-order chi connectivity index (χ1) is 10.1. The van der Waals surface area contributed by atoms with E-state index in [9.17, 15) is 9.18 Å². The summed E-state index contributed by atoms with van der Waals surface area (Å²) >= 11 is 0. The quantitative estimate of drug-likeness (QED) is 0.799. The molecule has 21 heavy (non-hydrogen) atoms. The molecule has 0 saturated heterocycles. The van der Waals surface area contributed by atoms with E-state index in [1.807, 2.05) is 0 Å². The van der Waals surface area contributed by atoms with E-state index in [0.717, 1.165) is 10.9 Å². The van der Waals surface area contributed by atoms with Gasteiger partial charge in [0.2, 0.25) is 0 Å². The van der Waals surface area contributed by atoms with Gasteiger partial charge in [-0.15, -0.1) is 0 Å².